The maximum Gasteiger partial charge on any atom is 0.416 e. The van der Waals surface area contributed by atoms with Gasteiger partial charge in [-0.1, -0.05) is 12.1 Å². The van der Waals surface area contributed by atoms with Crippen molar-refractivity contribution in [2.24, 2.45) is 0 Å². The number of amides is 1. The highest BCUT2D eigenvalue weighted by Crippen LogP contribution is 2.36. The van der Waals surface area contributed by atoms with E-state index in [9.17, 15) is 23.1 Å². The second-order valence-corrected chi connectivity index (χ2v) is 6.30. The number of aliphatic hydroxyl groups is 1. The van der Waals surface area contributed by atoms with Gasteiger partial charge in [0, 0.05) is 18.6 Å². The third-order valence-corrected chi connectivity index (χ3v) is 4.27. The van der Waals surface area contributed by atoms with Crippen LogP contribution in [0.3, 0.4) is 0 Å². The first-order chi connectivity index (χ1) is 10.8. The fraction of sp³-hybridized carbons (Fsp3) is 0.562. The number of hydrogen-bond acceptors (Lipinski definition) is 3. The van der Waals surface area contributed by atoms with Gasteiger partial charge in [-0.05, 0) is 37.0 Å². The summed E-state index contributed by atoms with van der Waals surface area (Å²) >= 11 is 0. The van der Waals surface area contributed by atoms with Gasteiger partial charge in [0.25, 0.3) is 0 Å². The first-order valence-corrected chi connectivity index (χ1v) is 7.71. The van der Waals surface area contributed by atoms with Crippen molar-refractivity contribution in [2.45, 2.75) is 43.6 Å². The van der Waals surface area contributed by atoms with Gasteiger partial charge < -0.3 is 10.4 Å². The molecular formula is C16H19F3N2O2. The molecule has 3 rings (SSSR count). The van der Waals surface area contributed by atoms with Crippen LogP contribution in [-0.4, -0.2) is 41.1 Å². The van der Waals surface area contributed by atoms with Crippen molar-refractivity contribution in [1.29, 1.82) is 0 Å². The second kappa shape index (κ2) is 6.13. The third-order valence-electron chi connectivity index (χ3n) is 4.27. The Balaban J connectivity index is 1.74. The van der Waals surface area contributed by atoms with Gasteiger partial charge in [0.05, 0.1) is 18.2 Å². The Labute approximate surface area is 132 Å². The van der Waals surface area contributed by atoms with Gasteiger partial charge in [0.1, 0.15) is 0 Å². The van der Waals surface area contributed by atoms with E-state index in [1.54, 1.807) is 11.0 Å². The standard InChI is InChI=1S/C16H19F3N2O2/c17-16(18,19)11-3-1-2-10(6-11)14-7-13(22)8-21(14)9-15(23)20-12-4-5-12/h1-3,6,12-14,22H,4-5,7-9H2,(H,20,23)/t13-,14+/m1/s1. The lowest BCUT2D eigenvalue weighted by atomic mass is 10.0. The lowest BCUT2D eigenvalue weighted by Gasteiger charge is -2.24. The van der Waals surface area contributed by atoms with Gasteiger partial charge in [-0.3, -0.25) is 9.69 Å². The van der Waals surface area contributed by atoms with Crippen molar-refractivity contribution in [3.05, 3.63) is 35.4 Å². The molecule has 4 nitrogen and oxygen atoms in total. The maximum absolute atomic E-state index is 12.9. The molecule has 1 aliphatic carbocycles. The molecule has 1 heterocycles. The van der Waals surface area contributed by atoms with Crippen LogP contribution in [0.15, 0.2) is 24.3 Å². The van der Waals surface area contributed by atoms with E-state index in [1.807, 2.05) is 0 Å². The highest BCUT2D eigenvalue weighted by atomic mass is 19.4. The van der Waals surface area contributed by atoms with Crippen LogP contribution in [0, 0.1) is 0 Å². The topological polar surface area (TPSA) is 52.6 Å². The smallest absolute Gasteiger partial charge is 0.392 e. The summed E-state index contributed by atoms with van der Waals surface area (Å²) in [6.07, 6.45) is -2.75. The summed E-state index contributed by atoms with van der Waals surface area (Å²) in [5.41, 5.74) is -0.227. The van der Waals surface area contributed by atoms with Crippen molar-refractivity contribution in [2.75, 3.05) is 13.1 Å². The van der Waals surface area contributed by atoms with Crippen LogP contribution >= 0.6 is 0 Å². The highest BCUT2D eigenvalue weighted by Gasteiger charge is 2.36. The number of β-amino-alcohol motifs (C(OH)–C–C–N with tert-alkyl or cyclic N) is 1. The second-order valence-electron chi connectivity index (χ2n) is 6.30. The monoisotopic (exact) mass is 328 g/mol. The molecule has 2 fully saturated rings. The van der Waals surface area contributed by atoms with Crippen molar-refractivity contribution < 1.29 is 23.1 Å². The van der Waals surface area contributed by atoms with Crippen LogP contribution in [0.2, 0.25) is 0 Å². The quantitative estimate of drug-likeness (QED) is 0.890. The molecule has 0 bridgehead atoms. The van der Waals surface area contributed by atoms with Crippen molar-refractivity contribution >= 4 is 5.91 Å². The molecule has 1 amide bonds. The number of alkyl halides is 3. The van der Waals surface area contributed by atoms with Crippen molar-refractivity contribution in [3.63, 3.8) is 0 Å². The van der Waals surface area contributed by atoms with Gasteiger partial charge in [-0.2, -0.15) is 13.2 Å². The molecule has 2 aliphatic rings. The minimum Gasteiger partial charge on any atom is -0.392 e. The number of halogens is 3. The van der Waals surface area contributed by atoms with E-state index in [0.717, 1.165) is 25.0 Å². The molecule has 23 heavy (non-hydrogen) atoms. The predicted molar refractivity (Wildman–Crippen MR) is 77.5 cm³/mol. The molecular weight excluding hydrogens is 309 g/mol. The van der Waals surface area contributed by atoms with E-state index in [4.69, 9.17) is 0 Å². The van der Waals surface area contributed by atoms with Crippen LogP contribution in [0.5, 0.6) is 0 Å². The average Bonchev–Trinajstić information content (AvgIpc) is 3.20. The normalized spacial score (nSPS) is 25.6. The molecule has 126 valence electrons. The van der Waals surface area contributed by atoms with E-state index in [-0.39, 0.29) is 24.5 Å². The Kier molecular flexibility index (Phi) is 4.33. The Morgan fingerprint density at radius 3 is 2.74 bits per heavy atom. The first-order valence-electron chi connectivity index (χ1n) is 7.71. The largest absolute Gasteiger partial charge is 0.416 e. The van der Waals surface area contributed by atoms with Crippen LogP contribution in [0.4, 0.5) is 13.2 Å². The van der Waals surface area contributed by atoms with Gasteiger partial charge in [-0.15, -0.1) is 0 Å². The number of carbonyl (C=O) groups excluding carboxylic acids is 1. The van der Waals surface area contributed by atoms with Crippen LogP contribution < -0.4 is 5.32 Å². The number of likely N-dealkylation sites (tertiary alicyclic amines) is 1. The lowest BCUT2D eigenvalue weighted by molar-refractivity contribution is -0.137. The summed E-state index contributed by atoms with van der Waals surface area (Å²) in [7, 11) is 0. The number of nitrogens with one attached hydrogen (secondary N) is 1. The Hall–Kier alpha value is -1.60. The van der Waals surface area contributed by atoms with Crippen LogP contribution in [0.1, 0.15) is 36.4 Å². The minimum absolute atomic E-state index is 0.0917. The number of nitrogens with zero attached hydrogens (tertiary/aromatic N) is 1. The summed E-state index contributed by atoms with van der Waals surface area (Å²) in [6.45, 7) is 0.382. The molecule has 1 aliphatic heterocycles. The SMILES string of the molecule is O=C(CN1C[C@H](O)C[C@H]1c1cccc(C(F)(F)F)c1)NC1CC1. The molecule has 0 spiro atoms. The molecule has 2 atom stereocenters. The van der Waals surface area contributed by atoms with E-state index in [2.05, 4.69) is 5.32 Å². The van der Waals surface area contributed by atoms with E-state index in [0.29, 0.717) is 18.5 Å². The zero-order chi connectivity index (χ0) is 16.6. The maximum atomic E-state index is 12.9. The molecule has 2 N–H and O–H groups in total. The van der Waals surface area contributed by atoms with Gasteiger partial charge in [0.15, 0.2) is 0 Å². The van der Waals surface area contributed by atoms with Crippen LogP contribution in [-0.2, 0) is 11.0 Å². The molecule has 1 saturated heterocycles. The summed E-state index contributed by atoms with van der Waals surface area (Å²) in [4.78, 5) is 13.7. The fourth-order valence-corrected chi connectivity index (χ4v) is 3.01. The highest BCUT2D eigenvalue weighted by molar-refractivity contribution is 5.78. The van der Waals surface area contributed by atoms with Gasteiger partial charge in [0.2, 0.25) is 5.91 Å². The van der Waals surface area contributed by atoms with Gasteiger partial charge in [-0.25, -0.2) is 0 Å². The third kappa shape index (κ3) is 4.03. The van der Waals surface area contributed by atoms with E-state index < -0.39 is 17.8 Å². The zero-order valence-corrected chi connectivity index (χ0v) is 12.5. The molecule has 1 aromatic rings. The van der Waals surface area contributed by atoms with Crippen molar-refractivity contribution in [1.82, 2.24) is 10.2 Å². The van der Waals surface area contributed by atoms with Crippen LogP contribution in [0.25, 0.3) is 0 Å². The first kappa shape index (κ1) is 16.3. The number of hydrogen-bond donors (Lipinski definition) is 2. The zero-order valence-electron chi connectivity index (χ0n) is 12.5. The summed E-state index contributed by atoms with van der Waals surface area (Å²) < 4.78 is 38.6. The Morgan fingerprint density at radius 2 is 2.09 bits per heavy atom. The van der Waals surface area contributed by atoms with Crippen molar-refractivity contribution in [3.8, 4) is 0 Å². The van der Waals surface area contributed by atoms with E-state index >= 15 is 0 Å². The molecule has 7 heteroatoms. The molecule has 0 radical (unpaired) electrons. The average molecular weight is 328 g/mol. The predicted octanol–water partition coefficient (Wildman–Crippen LogP) is 2.09. The molecule has 0 unspecified atom stereocenters. The number of aliphatic hydroxyl groups excluding tert-OH is 1. The van der Waals surface area contributed by atoms with E-state index in [1.165, 1.54) is 6.07 Å². The summed E-state index contributed by atoms with van der Waals surface area (Å²) in [5, 5.41) is 12.7. The minimum atomic E-state index is -4.40. The molecule has 1 aromatic carbocycles. The lowest BCUT2D eigenvalue weighted by Crippen LogP contribution is -2.38. The summed E-state index contributed by atoms with van der Waals surface area (Å²) in [5.74, 6) is -0.140. The molecule has 0 aromatic heterocycles. The Bertz CT molecular complexity index is 587. The number of benzene rings is 1. The fourth-order valence-electron chi connectivity index (χ4n) is 3.01. The number of rotatable bonds is 4. The molecule has 1 saturated carbocycles. The number of carbonyl (C=O) groups is 1. The Morgan fingerprint density at radius 1 is 1.35 bits per heavy atom. The summed E-state index contributed by atoms with van der Waals surface area (Å²) in [6, 6.07) is 4.97. The van der Waals surface area contributed by atoms with Gasteiger partial charge >= 0.3 is 6.18 Å².